The predicted molar refractivity (Wildman–Crippen MR) is 130 cm³/mol. The van der Waals surface area contributed by atoms with Crippen LogP contribution in [-0.2, 0) is 6.42 Å². The smallest absolute Gasteiger partial charge is 0.291 e. The number of hydrogen-bond donors (Lipinski definition) is 2. The van der Waals surface area contributed by atoms with Crippen molar-refractivity contribution in [3.63, 3.8) is 0 Å². The highest BCUT2D eigenvalue weighted by Crippen LogP contribution is 2.30. The molecule has 2 N–H and O–H groups in total. The lowest BCUT2D eigenvalue weighted by Crippen LogP contribution is -2.48. The van der Waals surface area contributed by atoms with E-state index in [0.717, 1.165) is 42.3 Å². The first-order valence-corrected chi connectivity index (χ1v) is 11.5. The van der Waals surface area contributed by atoms with Gasteiger partial charge in [0.2, 0.25) is 5.82 Å². The number of aromatic nitrogens is 3. The van der Waals surface area contributed by atoms with Crippen LogP contribution in [-0.4, -0.2) is 58.4 Å². The van der Waals surface area contributed by atoms with Gasteiger partial charge < -0.3 is 20.3 Å². The number of anilines is 1. The number of benzene rings is 2. The van der Waals surface area contributed by atoms with E-state index < -0.39 is 6.04 Å². The SMILES string of the molecule is CN1C(=S)[C@@H](NC(=O)c2nc(Cc3ccccc3)n(C3CCNC3)n2)COc2ccccc21. The maximum absolute atomic E-state index is 13.2. The molecule has 2 aliphatic rings. The Balaban J connectivity index is 1.37. The first-order chi connectivity index (χ1) is 16.1. The largest absolute Gasteiger partial charge is 0.489 e. The Hall–Kier alpha value is -3.30. The molecular weight excluding hydrogens is 436 g/mol. The fourth-order valence-corrected chi connectivity index (χ4v) is 4.50. The Morgan fingerprint density at radius 3 is 2.79 bits per heavy atom. The van der Waals surface area contributed by atoms with Gasteiger partial charge in [-0.25, -0.2) is 9.67 Å². The molecule has 8 nitrogen and oxygen atoms in total. The molecule has 1 aromatic heterocycles. The molecule has 2 aliphatic heterocycles. The molecule has 3 aromatic rings. The van der Waals surface area contributed by atoms with Crippen LogP contribution in [0.25, 0.3) is 0 Å². The van der Waals surface area contributed by atoms with Crippen molar-refractivity contribution in [2.45, 2.75) is 24.9 Å². The van der Waals surface area contributed by atoms with Crippen molar-refractivity contribution in [3.8, 4) is 5.75 Å². The molecule has 0 spiro atoms. The molecule has 3 heterocycles. The molecule has 33 heavy (non-hydrogen) atoms. The summed E-state index contributed by atoms with van der Waals surface area (Å²) in [6.45, 7) is 1.99. The predicted octanol–water partition coefficient (Wildman–Crippen LogP) is 2.36. The number of likely N-dealkylation sites (N-methyl/N-ethyl adjacent to an activating group) is 1. The number of amides is 1. The molecule has 9 heteroatoms. The quantitative estimate of drug-likeness (QED) is 0.563. The molecule has 0 bridgehead atoms. The van der Waals surface area contributed by atoms with Gasteiger partial charge >= 0.3 is 0 Å². The number of ether oxygens (including phenoxy) is 1. The zero-order valence-electron chi connectivity index (χ0n) is 18.4. The van der Waals surface area contributed by atoms with Crippen LogP contribution in [0.15, 0.2) is 54.6 Å². The summed E-state index contributed by atoms with van der Waals surface area (Å²) in [7, 11) is 1.88. The highest BCUT2D eigenvalue weighted by Gasteiger charge is 2.30. The summed E-state index contributed by atoms with van der Waals surface area (Å²) in [5.41, 5.74) is 2.00. The van der Waals surface area contributed by atoms with Crippen molar-refractivity contribution >= 4 is 28.8 Å². The maximum Gasteiger partial charge on any atom is 0.291 e. The van der Waals surface area contributed by atoms with Gasteiger partial charge in [-0.2, -0.15) is 0 Å². The summed E-state index contributed by atoms with van der Waals surface area (Å²) in [4.78, 5) is 20.3. The van der Waals surface area contributed by atoms with Crippen LogP contribution >= 0.6 is 12.2 Å². The Bertz CT molecular complexity index is 1160. The average molecular weight is 463 g/mol. The summed E-state index contributed by atoms with van der Waals surface area (Å²) in [6, 6.07) is 17.5. The van der Waals surface area contributed by atoms with Gasteiger partial charge in [-0.05, 0) is 30.7 Å². The molecule has 2 aromatic carbocycles. The van der Waals surface area contributed by atoms with Gasteiger partial charge in [0.15, 0.2) is 0 Å². The standard InChI is InChI=1S/C24H26N6O2S/c1-29-19-9-5-6-10-20(19)32-15-18(24(29)33)26-23(31)22-27-21(13-16-7-3-2-4-8-16)30(28-22)17-11-12-25-14-17/h2-10,17-18,25H,11-15H2,1H3,(H,26,31)/t17?,18-/m0/s1. The van der Waals surface area contributed by atoms with Gasteiger partial charge in [-0.15, -0.1) is 5.10 Å². The number of rotatable bonds is 5. The van der Waals surface area contributed by atoms with Gasteiger partial charge in [-0.3, -0.25) is 4.79 Å². The molecule has 1 unspecified atom stereocenters. The third-order valence-electron chi connectivity index (χ3n) is 6.06. The summed E-state index contributed by atoms with van der Waals surface area (Å²) >= 11 is 5.66. The van der Waals surface area contributed by atoms with Crippen molar-refractivity contribution in [1.82, 2.24) is 25.4 Å². The molecular formula is C24H26N6O2S. The summed E-state index contributed by atoms with van der Waals surface area (Å²) in [5.74, 6) is 1.31. The number of hydrogen-bond acceptors (Lipinski definition) is 6. The zero-order valence-corrected chi connectivity index (χ0v) is 19.2. The monoisotopic (exact) mass is 462 g/mol. The number of nitrogens with one attached hydrogen (secondary N) is 2. The van der Waals surface area contributed by atoms with Crippen LogP contribution in [0.3, 0.4) is 0 Å². The van der Waals surface area contributed by atoms with E-state index in [9.17, 15) is 4.79 Å². The Morgan fingerprint density at radius 1 is 1.21 bits per heavy atom. The van der Waals surface area contributed by atoms with E-state index in [2.05, 4.69) is 32.8 Å². The van der Waals surface area contributed by atoms with Crippen LogP contribution in [0.2, 0.25) is 0 Å². The lowest BCUT2D eigenvalue weighted by atomic mass is 10.1. The highest BCUT2D eigenvalue weighted by molar-refractivity contribution is 7.80. The first-order valence-electron chi connectivity index (χ1n) is 11.1. The number of carbonyl (C=O) groups excluding carboxylic acids is 1. The molecule has 0 saturated carbocycles. The van der Waals surface area contributed by atoms with Gasteiger partial charge in [0, 0.05) is 20.0 Å². The van der Waals surface area contributed by atoms with Gasteiger partial charge in [0.25, 0.3) is 5.91 Å². The average Bonchev–Trinajstić information content (AvgIpc) is 3.49. The van der Waals surface area contributed by atoms with E-state index in [4.69, 9.17) is 17.0 Å². The minimum Gasteiger partial charge on any atom is -0.489 e. The van der Waals surface area contributed by atoms with Gasteiger partial charge in [0.05, 0.1) is 11.7 Å². The number of fused-ring (bicyclic) bond motifs is 1. The molecule has 2 atom stereocenters. The Labute approximate surface area is 198 Å². The molecule has 0 radical (unpaired) electrons. The van der Waals surface area contributed by atoms with Crippen LogP contribution in [0.5, 0.6) is 5.75 Å². The lowest BCUT2D eigenvalue weighted by Gasteiger charge is -2.23. The van der Waals surface area contributed by atoms with Crippen molar-refractivity contribution in [2.75, 3.05) is 31.6 Å². The van der Waals surface area contributed by atoms with E-state index in [-0.39, 0.29) is 24.4 Å². The van der Waals surface area contributed by atoms with Crippen LogP contribution < -0.4 is 20.3 Å². The minimum absolute atomic E-state index is 0.153. The van der Waals surface area contributed by atoms with Crippen molar-refractivity contribution in [1.29, 1.82) is 0 Å². The third kappa shape index (κ3) is 4.46. The van der Waals surface area contributed by atoms with Gasteiger partial charge in [-0.1, -0.05) is 54.7 Å². The number of nitrogens with zero attached hydrogens (tertiary/aromatic N) is 4. The van der Waals surface area contributed by atoms with Crippen molar-refractivity contribution in [2.24, 2.45) is 0 Å². The molecule has 1 amide bonds. The number of para-hydroxylation sites is 2. The second-order valence-corrected chi connectivity index (χ2v) is 8.73. The Morgan fingerprint density at radius 2 is 2.00 bits per heavy atom. The zero-order chi connectivity index (χ0) is 22.8. The van der Waals surface area contributed by atoms with E-state index in [1.165, 1.54) is 0 Å². The molecule has 170 valence electrons. The first kappa shape index (κ1) is 21.5. The van der Waals surface area contributed by atoms with Crippen LogP contribution in [0.4, 0.5) is 5.69 Å². The molecule has 1 fully saturated rings. The van der Waals surface area contributed by atoms with Crippen molar-refractivity contribution in [3.05, 3.63) is 71.8 Å². The minimum atomic E-state index is -0.470. The fraction of sp³-hybridized carbons (Fsp3) is 0.333. The highest BCUT2D eigenvalue weighted by atomic mass is 32.1. The van der Waals surface area contributed by atoms with E-state index >= 15 is 0 Å². The lowest BCUT2D eigenvalue weighted by molar-refractivity contribution is 0.0926. The normalized spacial score (nSPS) is 20.2. The molecule has 1 saturated heterocycles. The molecule has 0 aliphatic carbocycles. The third-order valence-corrected chi connectivity index (χ3v) is 6.61. The second kappa shape index (κ2) is 9.29. The topological polar surface area (TPSA) is 84.3 Å². The van der Waals surface area contributed by atoms with E-state index in [1.54, 1.807) is 0 Å². The van der Waals surface area contributed by atoms with E-state index in [0.29, 0.717) is 11.4 Å². The second-order valence-electron chi connectivity index (χ2n) is 8.31. The fourth-order valence-electron chi connectivity index (χ4n) is 4.27. The summed E-state index contributed by atoms with van der Waals surface area (Å²) < 4.78 is 7.84. The van der Waals surface area contributed by atoms with Crippen LogP contribution in [0.1, 0.15) is 34.5 Å². The number of carbonyl (C=O) groups is 1. The maximum atomic E-state index is 13.2. The Kier molecular flexibility index (Phi) is 6.06. The summed E-state index contributed by atoms with van der Waals surface area (Å²) in [6.07, 6.45) is 1.57. The van der Waals surface area contributed by atoms with Gasteiger partial charge in [0.1, 0.15) is 29.2 Å². The molecule has 5 rings (SSSR count). The van der Waals surface area contributed by atoms with Crippen molar-refractivity contribution < 1.29 is 9.53 Å². The summed E-state index contributed by atoms with van der Waals surface area (Å²) in [5, 5.41) is 11.0. The number of thiocarbonyl (C=S) groups is 1. The van der Waals surface area contributed by atoms with E-state index in [1.807, 2.05) is 59.1 Å². The van der Waals surface area contributed by atoms with Crippen LogP contribution in [0, 0.1) is 0 Å².